The van der Waals surface area contributed by atoms with Crippen molar-refractivity contribution in [2.75, 3.05) is 13.1 Å². The van der Waals surface area contributed by atoms with Crippen molar-refractivity contribution >= 4 is 23.6 Å². The first kappa shape index (κ1) is 24.5. The molecule has 4 amide bonds. The molecule has 4 fully saturated rings. The fraction of sp³-hybridized carbons (Fsp3) is 0.800. The summed E-state index contributed by atoms with van der Waals surface area (Å²) >= 11 is 0. The molecule has 0 aromatic heterocycles. The van der Waals surface area contributed by atoms with Crippen LogP contribution in [0.15, 0.2) is 0 Å². The SMILES string of the molecule is CC(C)(C)C(NC(=O)C1CC1)C(=O)N1CC2C(C1C(=O)NC(C#N)CC1CCNC1=O)C2(C)C. The number of nitrogens with zero attached hydrogens (tertiary/aromatic N) is 2. The highest BCUT2D eigenvalue weighted by Gasteiger charge is 2.69. The summed E-state index contributed by atoms with van der Waals surface area (Å²) in [6, 6.07) is -0.104. The van der Waals surface area contributed by atoms with Crippen LogP contribution in [0, 0.1) is 45.8 Å². The van der Waals surface area contributed by atoms with E-state index in [4.69, 9.17) is 0 Å². The van der Waals surface area contributed by atoms with E-state index in [0.29, 0.717) is 19.5 Å². The van der Waals surface area contributed by atoms with Crippen LogP contribution in [-0.4, -0.2) is 59.7 Å². The van der Waals surface area contributed by atoms with Crippen molar-refractivity contribution in [3.63, 3.8) is 0 Å². The number of carbonyl (C=O) groups excluding carboxylic acids is 4. The van der Waals surface area contributed by atoms with Crippen LogP contribution in [0.2, 0.25) is 0 Å². The zero-order chi connectivity index (χ0) is 25.0. The molecule has 0 aromatic carbocycles. The molecule has 2 saturated heterocycles. The molecule has 2 saturated carbocycles. The third-order valence-corrected chi connectivity index (χ3v) is 8.26. The Balaban J connectivity index is 1.50. The predicted molar refractivity (Wildman–Crippen MR) is 124 cm³/mol. The summed E-state index contributed by atoms with van der Waals surface area (Å²) in [5, 5.41) is 18.2. The van der Waals surface area contributed by atoms with E-state index in [-0.39, 0.29) is 59.1 Å². The van der Waals surface area contributed by atoms with Crippen LogP contribution in [0.5, 0.6) is 0 Å². The van der Waals surface area contributed by atoms with E-state index >= 15 is 0 Å². The molecule has 3 N–H and O–H groups in total. The van der Waals surface area contributed by atoms with Gasteiger partial charge in [-0.3, -0.25) is 19.2 Å². The molecule has 9 heteroatoms. The maximum absolute atomic E-state index is 13.8. The van der Waals surface area contributed by atoms with Crippen molar-refractivity contribution in [1.82, 2.24) is 20.9 Å². The highest BCUT2D eigenvalue weighted by molar-refractivity contribution is 5.94. The highest BCUT2D eigenvalue weighted by Crippen LogP contribution is 2.65. The van der Waals surface area contributed by atoms with Crippen LogP contribution >= 0.6 is 0 Å². The Morgan fingerprint density at radius 1 is 1.18 bits per heavy atom. The number of hydrogen-bond donors (Lipinski definition) is 3. The lowest BCUT2D eigenvalue weighted by atomic mass is 9.85. The van der Waals surface area contributed by atoms with Gasteiger partial charge in [-0.15, -0.1) is 0 Å². The molecule has 2 aliphatic heterocycles. The number of amides is 4. The molecule has 0 aromatic rings. The molecular weight excluding hydrogens is 434 g/mol. The average molecular weight is 472 g/mol. The Bertz CT molecular complexity index is 929. The van der Waals surface area contributed by atoms with Crippen LogP contribution in [0.25, 0.3) is 0 Å². The van der Waals surface area contributed by atoms with Gasteiger partial charge in [-0.2, -0.15) is 5.26 Å². The molecule has 186 valence electrons. The first-order chi connectivity index (χ1) is 15.9. The van der Waals surface area contributed by atoms with E-state index in [1.807, 2.05) is 20.8 Å². The summed E-state index contributed by atoms with van der Waals surface area (Å²) in [6.07, 6.45) is 2.60. The number of nitriles is 1. The van der Waals surface area contributed by atoms with Crippen LogP contribution < -0.4 is 16.0 Å². The van der Waals surface area contributed by atoms with Crippen molar-refractivity contribution in [3.05, 3.63) is 0 Å². The number of hydrogen-bond acceptors (Lipinski definition) is 5. The zero-order valence-corrected chi connectivity index (χ0v) is 20.8. The van der Waals surface area contributed by atoms with Gasteiger partial charge in [0, 0.05) is 24.9 Å². The third-order valence-electron chi connectivity index (χ3n) is 8.26. The number of likely N-dealkylation sites (tertiary alicyclic amines) is 1. The second-order valence-corrected chi connectivity index (χ2v) is 12.2. The molecule has 4 rings (SSSR count). The van der Waals surface area contributed by atoms with Gasteiger partial charge in [0.05, 0.1) is 6.07 Å². The molecule has 6 atom stereocenters. The fourth-order valence-electron chi connectivity index (χ4n) is 5.79. The van der Waals surface area contributed by atoms with Crippen LogP contribution in [0.4, 0.5) is 0 Å². The summed E-state index contributed by atoms with van der Waals surface area (Å²) in [6.45, 7) is 11.0. The Hall–Kier alpha value is -2.63. The van der Waals surface area contributed by atoms with Gasteiger partial charge in [0.25, 0.3) is 0 Å². The van der Waals surface area contributed by atoms with E-state index in [9.17, 15) is 24.4 Å². The zero-order valence-electron chi connectivity index (χ0n) is 20.8. The molecule has 2 aliphatic carbocycles. The highest BCUT2D eigenvalue weighted by atomic mass is 16.2. The monoisotopic (exact) mass is 471 g/mol. The summed E-state index contributed by atoms with van der Waals surface area (Å²) in [4.78, 5) is 53.3. The van der Waals surface area contributed by atoms with Gasteiger partial charge in [0.1, 0.15) is 18.1 Å². The second kappa shape index (κ2) is 8.54. The summed E-state index contributed by atoms with van der Waals surface area (Å²) in [7, 11) is 0. The van der Waals surface area contributed by atoms with Crippen LogP contribution in [0.1, 0.15) is 60.3 Å². The molecule has 2 heterocycles. The molecule has 4 aliphatic rings. The van der Waals surface area contributed by atoms with Gasteiger partial charge in [0.15, 0.2) is 0 Å². The van der Waals surface area contributed by atoms with E-state index < -0.39 is 23.5 Å². The van der Waals surface area contributed by atoms with Crippen molar-refractivity contribution < 1.29 is 19.2 Å². The van der Waals surface area contributed by atoms with Gasteiger partial charge >= 0.3 is 0 Å². The normalized spacial score (nSPS) is 31.1. The third kappa shape index (κ3) is 4.51. The van der Waals surface area contributed by atoms with Gasteiger partial charge in [-0.25, -0.2) is 0 Å². The molecule has 0 radical (unpaired) electrons. The summed E-state index contributed by atoms with van der Waals surface area (Å²) < 4.78 is 0. The number of piperidine rings is 1. The Kier molecular flexibility index (Phi) is 6.16. The lowest BCUT2D eigenvalue weighted by Crippen LogP contribution is -2.60. The summed E-state index contributed by atoms with van der Waals surface area (Å²) in [5.41, 5.74) is -0.587. The second-order valence-electron chi connectivity index (χ2n) is 12.2. The minimum absolute atomic E-state index is 0.00493. The van der Waals surface area contributed by atoms with Crippen molar-refractivity contribution in [2.45, 2.75) is 78.4 Å². The Morgan fingerprint density at radius 3 is 2.38 bits per heavy atom. The Labute approximate surface area is 201 Å². The molecule has 9 nitrogen and oxygen atoms in total. The quantitative estimate of drug-likeness (QED) is 0.509. The van der Waals surface area contributed by atoms with E-state index in [2.05, 4.69) is 35.9 Å². The minimum Gasteiger partial charge on any atom is -0.356 e. The number of nitrogens with one attached hydrogen (secondary N) is 3. The number of rotatable bonds is 7. The maximum Gasteiger partial charge on any atom is 0.246 e. The number of fused-ring (bicyclic) bond motifs is 1. The smallest absolute Gasteiger partial charge is 0.246 e. The topological polar surface area (TPSA) is 131 Å². The first-order valence-corrected chi connectivity index (χ1v) is 12.4. The van der Waals surface area contributed by atoms with Gasteiger partial charge in [-0.05, 0) is 48.3 Å². The van der Waals surface area contributed by atoms with E-state index in [0.717, 1.165) is 12.8 Å². The predicted octanol–water partition coefficient (Wildman–Crippen LogP) is 0.945. The average Bonchev–Trinajstić information content (AvgIpc) is 3.57. The van der Waals surface area contributed by atoms with Gasteiger partial charge < -0.3 is 20.9 Å². The molecule has 6 unspecified atom stereocenters. The van der Waals surface area contributed by atoms with Crippen LogP contribution in [-0.2, 0) is 19.2 Å². The lowest BCUT2D eigenvalue weighted by molar-refractivity contribution is -0.145. The summed E-state index contributed by atoms with van der Waals surface area (Å²) in [5.74, 6) is -0.885. The molecule has 0 spiro atoms. The fourth-order valence-corrected chi connectivity index (χ4v) is 5.79. The molecule has 0 bridgehead atoms. The van der Waals surface area contributed by atoms with Crippen LogP contribution in [0.3, 0.4) is 0 Å². The number of carbonyl (C=O) groups is 4. The minimum atomic E-state index is -0.799. The van der Waals surface area contributed by atoms with Gasteiger partial charge in [0.2, 0.25) is 23.6 Å². The Morgan fingerprint density at radius 2 is 1.85 bits per heavy atom. The first-order valence-electron chi connectivity index (χ1n) is 12.4. The largest absolute Gasteiger partial charge is 0.356 e. The molecule has 34 heavy (non-hydrogen) atoms. The maximum atomic E-state index is 13.8. The van der Waals surface area contributed by atoms with Crippen molar-refractivity contribution in [2.24, 2.45) is 34.5 Å². The van der Waals surface area contributed by atoms with Crippen molar-refractivity contribution in [3.8, 4) is 6.07 Å². The van der Waals surface area contributed by atoms with Gasteiger partial charge in [-0.1, -0.05) is 34.6 Å². The molecular formula is C25H37N5O4. The van der Waals surface area contributed by atoms with E-state index in [1.54, 1.807) is 4.90 Å². The van der Waals surface area contributed by atoms with Crippen molar-refractivity contribution in [1.29, 1.82) is 5.26 Å². The standard InChI is InChI=1S/C25H37N5O4/c1-24(2,3)19(29-21(32)13-6-7-13)23(34)30-12-16-17(25(16,4)5)18(30)22(33)28-15(11-26)10-14-8-9-27-20(14)31/h13-19H,6-10,12H2,1-5H3,(H,27,31)(H,28,33)(H,29,32). The lowest BCUT2D eigenvalue weighted by Gasteiger charge is -2.37. The van der Waals surface area contributed by atoms with E-state index in [1.165, 1.54) is 0 Å².